The van der Waals surface area contributed by atoms with Crippen LogP contribution in [0.25, 0.3) is 11.0 Å². The van der Waals surface area contributed by atoms with Crippen LogP contribution in [-0.4, -0.2) is 10.9 Å². The number of hydrogen-bond acceptors (Lipinski definition) is 3. The number of Topliss-reactive ketones (excluding diaryl/α,β-unsaturated/α-hetero) is 1. The number of ketones is 1. The number of furan rings is 1. The predicted octanol–water partition coefficient (Wildman–Crippen LogP) is 2.65. The van der Waals surface area contributed by atoms with Crippen LogP contribution in [0, 0.1) is 6.92 Å². The highest BCUT2D eigenvalue weighted by Crippen LogP contribution is 2.27. The van der Waals surface area contributed by atoms with Crippen LogP contribution < -0.4 is 0 Å². The topological polar surface area (TPSA) is 50.4 Å². The maximum atomic E-state index is 11.1. The molecule has 1 N–H and O–H groups in total. The van der Waals surface area contributed by atoms with Crippen LogP contribution >= 0.6 is 0 Å². The molecule has 0 aliphatic heterocycles. The molecule has 0 radical (unpaired) electrons. The van der Waals surface area contributed by atoms with Crippen molar-refractivity contribution in [3.63, 3.8) is 0 Å². The number of phenols is 1. The van der Waals surface area contributed by atoms with E-state index in [0.717, 1.165) is 11.1 Å². The lowest BCUT2D eigenvalue weighted by atomic mass is 10.1. The summed E-state index contributed by atoms with van der Waals surface area (Å²) in [6.45, 7) is 3.24. The first-order valence-corrected chi connectivity index (χ1v) is 4.32. The Balaban J connectivity index is 2.76. The van der Waals surface area contributed by atoms with Gasteiger partial charge in [0.25, 0.3) is 0 Å². The molecule has 72 valence electrons. The molecule has 0 fully saturated rings. The van der Waals surface area contributed by atoms with Crippen molar-refractivity contribution in [2.24, 2.45) is 0 Å². The molecule has 1 heterocycles. The van der Waals surface area contributed by atoms with Crippen molar-refractivity contribution in [2.45, 2.75) is 13.8 Å². The first kappa shape index (κ1) is 8.81. The average molecular weight is 190 g/mol. The SMILES string of the molecule is CC(=O)c1cc2oc(C)cc2cc1O. The van der Waals surface area contributed by atoms with E-state index in [1.165, 1.54) is 6.92 Å². The second kappa shape index (κ2) is 2.87. The van der Waals surface area contributed by atoms with E-state index in [9.17, 15) is 9.90 Å². The Labute approximate surface area is 81.0 Å². The summed E-state index contributed by atoms with van der Waals surface area (Å²) in [4.78, 5) is 11.1. The van der Waals surface area contributed by atoms with Crippen molar-refractivity contribution in [1.29, 1.82) is 0 Å². The van der Waals surface area contributed by atoms with Gasteiger partial charge in [-0.1, -0.05) is 0 Å². The first-order valence-electron chi connectivity index (χ1n) is 4.32. The van der Waals surface area contributed by atoms with Crippen molar-refractivity contribution in [2.75, 3.05) is 0 Å². The summed E-state index contributed by atoms with van der Waals surface area (Å²) in [6.07, 6.45) is 0. The highest BCUT2D eigenvalue weighted by Gasteiger charge is 2.10. The van der Waals surface area contributed by atoms with Gasteiger partial charge in [0.1, 0.15) is 17.1 Å². The van der Waals surface area contributed by atoms with Crippen molar-refractivity contribution in [3.8, 4) is 5.75 Å². The lowest BCUT2D eigenvalue weighted by molar-refractivity contribution is 0.101. The Morgan fingerprint density at radius 2 is 2.07 bits per heavy atom. The summed E-state index contributed by atoms with van der Waals surface area (Å²) in [5, 5.41) is 10.3. The summed E-state index contributed by atoms with van der Waals surface area (Å²) in [5.74, 6) is 0.601. The van der Waals surface area contributed by atoms with Crippen LogP contribution in [0.4, 0.5) is 0 Å². The molecular formula is C11H10O3. The summed E-state index contributed by atoms with van der Waals surface area (Å²) in [5.41, 5.74) is 0.928. The van der Waals surface area contributed by atoms with E-state index >= 15 is 0 Å². The summed E-state index contributed by atoms with van der Waals surface area (Å²) >= 11 is 0. The van der Waals surface area contributed by atoms with Crippen LogP contribution in [0.1, 0.15) is 23.0 Å². The molecule has 0 unspecified atom stereocenters. The number of hydrogen-bond donors (Lipinski definition) is 1. The molecular weight excluding hydrogens is 180 g/mol. The molecule has 0 saturated heterocycles. The second-order valence-electron chi connectivity index (χ2n) is 3.32. The van der Waals surface area contributed by atoms with E-state index in [0.29, 0.717) is 11.1 Å². The van der Waals surface area contributed by atoms with Gasteiger partial charge in [-0.05, 0) is 32.0 Å². The first-order chi connectivity index (χ1) is 6.58. The van der Waals surface area contributed by atoms with Crippen LogP contribution in [-0.2, 0) is 0 Å². The Morgan fingerprint density at radius 1 is 1.36 bits per heavy atom. The molecule has 0 spiro atoms. The minimum Gasteiger partial charge on any atom is -0.507 e. The lowest BCUT2D eigenvalue weighted by Crippen LogP contribution is -1.91. The molecule has 0 amide bonds. The van der Waals surface area contributed by atoms with Gasteiger partial charge < -0.3 is 9.52 Å². The molecule has 3 heteroatoms. The molecule has 0 bridgehead atoms. The third kappa shape index (κ3) is 1.27. The van der Waals surface area contributed by atoms with E-state index in [2.05, 4.69) is 0 Å². The minimum atomic E-state index is -0.168. The zero-order valence-electron chi connectivity index (χ0n) is 8.00. The van der Waals surface area contributed by atoms with Crippen LogP contribution in [0.15, 0.2) is 22.6 Å². The Morgan fingerprint density at radius 3 is 2.71 bits per heavy atom. The van der Waals surface area contributed by atoms with Crippen LogP contribution in [0.3, 0.4) is 0 Å². The number of carbonyl (C=O) groups excluding carboxylic acids is 1. The van der Waals surface area contributed by atoms with Crippen molar-refractivity contribution < 1.29 is 14.3 Å². The Bertz CT molecular complexity index is 508. The highest BCUT2D eigenvalue weighted by atomic mass is 16.3. The van der Waals surface area contributed by atoms with Gasteiger partial charge in [0, 0.05) is 5.39 Å². The van der Waals surface area contributed by atoms with E-state index in [1.807, 2.05) is 13.0 Å². The van der Waals surface area contributed by atoms with Crippen molar-refractivity contribution >= 4 is 16.8 Å². The van der Waals surface area contributed by atoms with E-state index in [4.69, 9.17) is 4.42 Å². The number of benzene rings is 1. The fourth-order valence-electron chi connectivity index (χ4n) is 1.49. The fraction of sp³-hybridized carbons (Fsp3) is 0.182. The smallest absolute Gasteiger partial charge is 0.163 e. The van der Waals surface area contributed by atoms with E-state index < -0.39 is 0 Å². The number of aryl methyl sites for hydroxylation is 1. The number of phenolic OH excluding ortho intramolecular Hbond substituents is 1. The van der Waals surface area contributed by atoms with Crippen LogP contribution in [0.5, 0.6) is 5.75 Å². The predicted molar refractivity (Wildman–Crippen MR) is 52.6 cm³/mol. The van der Waals surface area contributed by atoms with Gasteiger partial charge in [0.15, 0.2) is 5.78 Å². The lowest BCUT2D eigenvalue weighted by Gasteiger charge is -1.99. The molecule has 2 rings (SSSR count). The van der Waals surface area contributed by atoms with Gasteiger partial charge in [0.05, 0.1) is 5.56 Å². The molecule has 1 aromatic heterocycles. The van der Waals surface area contributed by atoms with Crippen molar-refractivity contribution in [1.82, 2.24) is 0 Å². The molecule has 0 saturated carbocycles. The summed E-state index contributed by atoms with van der Waals surface area (Å²) in [7, 11) is 0. The third-order valence-corrected chi connectivity index (χ3v) is 2.14. The van der Waals surface area contributed by atoms with Crippen LogP contribution in [0.2, 0.25) is 0 Å². The number of aromatic hydroxyl groups is 1. The van der Waals surface area contributed by atoms with Gasteiger partial charge >= 0.3 is 0 Å². The molecule has 0 atom stereocenters. The number of carbonyl (C=O) groups is 1. The van der Waals surface area contributed by atoms with E-state index in [-0.39, 0.29) is 11.5 Å². The molecule has 1 aromatic carbocycles. The average Bonchev–Trinajstić information content (AvgIpc) is 2.42. The number of fused-ring (bicyclic) bond motifs is 1. The molecule has 0 aliphatic carbocycles. The monoisotopic (exact) mass is 190 g/mol. The minimum absolute atomic E-state index is 0.00537. The largest absolute Gasteiger partial charge is 0.507 e. The van der Waals surface area contributed by atoms with Gasteiger partial charge in [-0.25, -0.2) is 0 Å². The number of rotatable bonds is 1. The van der Waals surface area contributed by atoms with Crippen molar-refractivity contribution in [3.05, 3.63) is 29.5 Å². The Hall–Kier alpha value is -1.77. The molecule has 2 aromatic rings. The second-order valence-corrected chi connectivity index (χ2v) is 3.32. The summed E-state index contributed by atoms with van der Waals surface area (Å²) < 4.78 is 5.35. The zero-order valence-corrected chi connectivity index (χ0v) is 8.00. The quantitative estimate of drug-likeness (QED) is 0.703. The molecule has 14 heavy (non-hydrogen) atoms. The highest BCUT2D eigenvalue weighted by molar-refractivity contribution is 6.00. The van der Waals surface area contributed by atoms with Gasteiger partial charge in [-0.15, -0.1) is 0 Å². The normalized spacial score (nSPS) is 10.7. The molecule has 0 aliphatic rings. The molecule has 3 nitrogen and oxygen atoms in total. The van der Waals surface area contributed by atoms with E-state index in [1.54, 1.807) is 12.1 Å². The Kier molecular flexibility index (Phi) is 1.81. The van der Waals surface area contributed by atoms with Gasteiger partial charge in [0.2, 0.25) is 0 Å². The van der Waals surface area contributed by atoms with Gasteiger partial charge in [-0.3, -0.25) is 4.79 Å². The maximum Gasteiger partial charge on any atom is 0.163 e. The maximum absolute atomic E-state index is 11.1. The standard InChI is InChI=1S/C11H10O3/c1-6-3-8-4-10(13)9(7(2)12)5-11(8)14-6/h3-5,13H,1-2H3. The summed E-state index contributed by atoms with van der Waals surface area (Å²) in [6, 6.07) is 4.93. The van der Waals surface area contributed by atoms with Gasteiger partial charge in [-0.2, -0.15) is 0 Å². The zero-order chi connectivity index (χ0) is 10.3. The third-order valence-electron chi connectivity index (χ3n) is 2.14. The fourth-order valence-corrected chi connectivity index (χ4v) is 1.49.